The molecule has 20 heavy (non-hydrogen) atoms. The number of aromatic amines is 1. The summed E-state index contributed by atoms with van der Waals surface area (Å²) >= 11 is 7.53. The van der Waals surface area contributed by atoms with Gasteiger partial charge in [-0.05, 0) is 49.9 Å². The molecule has 2 unspecified atom stereocenters. The molecular weight excluding hydrogens is 288 g/mol. The van der Waals surface area contributed by atoms with Crippen LogP contribution in [0.1, 0.15) is 31.7 Å². The van der Waals surface area contributed by atoms with Crippen molar-refractivity contribution in [3.63, 3.8) is 0 Å². The largest absolute Gasteiger partial charge is 0.497 e. The first-order valence-corrected chi connectivity index (χ1v) is 8.73. The lowest BCUT2D eigenvalue weighted by Gasteiger charge is -2.29. The molecular formula is C15H20N2OS2. The number of ether oxygens (including phenoxy) is 1. The Bertz CT molecular complexity index is 661. The van der Waals surface area contributed by atoms with E-state index in [2.05, 4.69) is 21.9 Å². The van der Waals surface area contributed by atoms with Crippen LogP contribution in [0.25, 0.3) is 11.0 Å². The zero-order chi connectivity index (χ0) is 14.1. The van der Waals surface area contributed by atoms with Crippen molar-refractivity contribution >= 4 is 35.0 Å². The highest BCUT2D eigenvalue weighted by molar-refractivity contribution is 7.99. The molecule has 0 bridgehead atoms. The number of nitrogens with zero attached hydrogens (tertiary/aromatic N) is 1. The van der Waals surface area contributed by atoms with Crippen molar-refractivity contribution in [3.05, 3.63) is 23.0 Å². The summed E-state index contributed by atoms with van der Waals surface area (Å²) in [4.78, 5) is 3.32. The van der Waals surface area contributed by atoms with Crippen molar-refractivity contribution in [1.29, 1.82) is 0 Å². The highest BCUT2D eigenvalue weighted by Crippen LogP contribution is 2.36. The lowest BCUT2D eigenvalue weighted by molar-refractivity contribution is 0.365. The fourth-order valence-corrected chi connectivity index (χ4v) is 4.34. The van der Waals surface area contributed by atoms with Crippen molar-refractivity contribution in [2.45, 2.75) is 37.0 Å². The number of fused-ring (bicyclic) bond motifs is 1. The lowest BCUT2D eigenvalue weighted by Crippen LogP contribution is -2.20. The van der Waals surface area contributed by atoms with E-state index in [1.807, 2.05) is 23.9 Å². The molecule has 5 heteroatoms. The molecule has 1 N–H and O–H groups in total. The zero-order valence-electron chi connectivity index (χ0n) is 11.9. The fraction of sp³-hybridized carbons (Fsp3) is 0.533. The molecule has 1 heterocycles. The highest BCUT2D eigenvalue weighted by atomic mass is 32.2. The third kappa shape index (κ3) is 2.49. The number of methoxy groups -OCH3 is 1. The van der Waals surface area contributed by atoms with Crippen LogP contribution in [-0.4, -0.2) is 28.2 Å². The molecule has 2 atom stereocenters. The van der Waals surface area contributed by atoms with Crippen molar-refractivity contribution in [2.24, 2.45) is 0 Å². The predicted octanol–water partition coefficient (Wildman–Crippen LogP) is 4.55. The topological polar surface area (TPSA) is 29.9 Å². The van der Waals surface area contributed by atoms with Gasteiger partial charge < -0.3 is 14.3 Å². The normalized spacial score (nSPS) is 23.1. The van der Waals surface area contributed by atoms with Crippen molar-refractivity contribution in [2.75, 3.05) is 13.4 Å². The lowest BCUT2D eigenvalue weighted by atomic mass is 9.94. The average Bonchev–Trinajstić information content (AvgIpc) is 2.82. The van der Waals surface area contributed by atoms with Crippen molar-refractivity contribution in [3.8, 4) is 5.75 Å². The third-order valence-electron chi connectivity index (χ3n) is 4.22. The summed E-state index contributed by atoms with van der Waals surface area (Å²) < 4.78 is 8.43. The van der Waals surface area contributed by atoms with E-state index in [0.29, 0.717) is 6.04 Å². The molecule has 3 nitrogen and oxygen atoms in total. The molecule has 1 aromatic heterocycles. The second-order valence-corrected chi connectivity index (χ2v) is 6.89. The minimum absolute atomic E-state index is 0.524. The van der Waals surface area contributed by atoms with Crippen LogP contribution in [0, 0.1) is 4.77 Å². The van der Waals surface area contributed by atoms with E-state index in [1.165, 1.54) is 31.2 Å². The van der Waals surface area contributed by atoms with Gasteiger partial charge in [-0.1, -0.05) is 6.42 Å². The Balaban J connectivity index is 2.02. The summed E-state index contributed by atoms with van der Waals surface area (Å²) in [7, 11) is 1.69. The van der Waals surface area contributed by atoms with Crippen LogP contribution in [0.2, 0.25) is 0 Å². The summed E-state index contributed by atoms with van der Waals surface area (Å²) in [6.07, 6.45) is 7.28. The number of aromatic nitrogens is 2. The van der Waals surface area contributed by atoms with Gasteiger partial charge in [0.1, 0.15) is 5.75 Å². The van der Waals surface area contributed by atoms with E-state index in [4.69, 9.17) is 17.0 Å². The van der Waals surface area contributed by atoms with Gasteiger partial charge in [0.15, 0.2) is 4.77 Å². The molecule has 0 saturated heterocycles. The Labute approximate surface area is 128 Å². The average molecular weight is 308 g/mol. The second-order valence-electron chi connectivity index (χ2n) is 5.36. The maximum atomic E-state index is 5.55. The Hall–Kier alpha value is -0.940. The molecule has 2 aromatic rings. The molecule has 108 valence electrons. The van der Waals surface area contributed by atoms with E-state index in [9.17, 15) is 0 Å². The summed E-state index contributed by atoms with van der Waals surface area (Å²) in [6.45, 7) is 0. The van der Waals surface area contributed by atoms with E-state index in [-0.39, 0.29) is 0 Å². The van der Waals surface area contributed by atoms with E-state index >= 15 is 0 Å². The minimum atomic E-state index is 0.524. The molecule has 0 aliphatic heterocycles. The van der Waals surface area contributed by atoms with Crippen LogP contribution < -0.4 is 4.74 Å². The summed E-state index contributed by atoms with van der Waals surface area (Å²) in [5.41, 5.74) is 2.27. The maximum Gasteiger partial charge on any atom is 0.178 e. The number of thioether (sulfide) groups is 1. The van der Waals surface area contributed by atoms with Crippen LogP contribution in [0.5, 0.6) is 5.75 Å². The summed E-state index contributed by atoms with van der Waals surface area (Å²) in [5.74, 6) is 0.867. The Morgan fingerprint density at radius 1 is 1.40 bits per heavy atom. The van der Waals surface area contributed by atoms with Crippen LogP contribution in [0.4, 0.5) is 0 Å². The number of rotatable bonds is 3. The van der Waals surface area contributed by atoms with E-state index < -0.39 is 0 Å². The highest BCUT2D eigenvalue weighted by Gasteiger charge is 2.24. The van der Waals surface area contributed by atoms with Gasteiger partial charge in [0.05, 0.1) is 18.1 Å². The van der Waals surface area contributed by atoms with Crippen LogP contribution in [0.15, 0.2) is 18.2 Å². The quantitative estimate of drug-likeness (QED) is 0.843. The summed E-state index contributed by atoms with van der Waals surface area (Å²) in [5, 5.41) is 0.763. The van der Waals surface area contributed by atoms with Gasteiger partial charge in [-0.2, -0.15) is 11.8 Å². The maximum absolute atomic E-state index is 5.55. The first-order chi connectivity index (χ1) is 9.72. The van der Waals surface area contributed by atoms with Gasteiger partial charge >= 0.3 is 0 Å². The molecule has 1 aliphatic carbocycles. The molecule has 1 saturated carbocycles. The molecule has 0 spiro atoms. The fourth-order valence-electron chi connectivity index (χ4n) is 3.17. The first-order valence-electron chi connectivity index (χ1n) is 7.04. The van der Waals surface area contributed by atoms with E-state index in [0.717, 1.165) is 21.3 Å². The minimum Gasteiger partial charge on any atom is -0.497 e. The van der Waals surface area contributed by atoms with Crippen molar-refractivity contribution < 1.29 is 4.74 Å². The van der Waals surface area contributed by atoms with Crippen LogP contribution in [-0.2, 0) is 0 Å². The smallest absolute Gasteiger partial charge is 0.178 e. The number of hydrogen-bond donors (Lipinski definition) is 1. The monoisotopic (exact) mass is 308 g/mol. The van der Waals surface area contributed by atoms with Gasteiger partial charge in [0.2, 0.25) is 0 Å². The molecule has 0 radical (unpaired) electrons. The molecule has 1 aliphatic rings. The number of H-pyrrole nitrogens is 1. The van der Waals surface area contributed by atoms with Crippen LogP contribution in [0.3, 0.4) is 0 Å². The third-order valence-corrected chi connectivity index (χ3v) is 5.61. The number of nitrogens with one attached hydrogen (secondary N) is 1. The van der Waals surface area contributed by atoms with Gasteiger partial charge in [-0.25, -0.2) is 0 Å². The Morgan fingerprint density at radius 3 is 3.00 bits per heavy atom. The number of benzene rings is 1. The van der Waals surface area contributed by atoms with Gasteiger partial charge in [0.25, 0.3) is 0 Å². The number of imidazole rings is 1. The molecule has 1 fully saturated rings. The first kappa shape index (κ1) is 14.0. The van der Waals surface area contributed by atoms with E-state index in [1.54, 1.807) is 7.11 Å². The second kappa shape index (κ2) is 5.82. The molecule has 3 rings (SSSR count). The molecule has 1 aromatic carbocycles. The zero-order valence-corrected chi connectivity index (χ0v) is 13.5. The molecule has 0 amide bonds. The number of hydrogen-bond acceptors (Lipinski definition) is 3. The van der Waals surface area contributed by atoms with Gasteiger partial charge in [0, 0.05) is 17.4 Å². The predicted molar refractivity (Wildman–Crippen MR) is 88.5 cm³/mol. The van der Waals surface area contributed by atoms with Gasteiger partial charge in [-0.3, -0.25) is 0 Å². The SMILES string of the molecule is COc1ccc2c(c1)[nH]c(=S)n2C1CCCC(SC)C1. The van der Waals surface area contributed by atoms with Crippen LogP contribution >= 0.6 is 24.0 Å². The Kier molecular flexibility index (Phi) is 4.08. The van der Waals surface area contributed by atoms with Crippen molar-refractivity contribution in [1.82, 2.24) is 9.55 Å². The Morgan fingerprint density at radius 2 is 2.25 bits per heavy atom. The summed E-state index contributed by atoms with van der Waals surface area (Å²) in [6, 6.07) is 6.67. The van der Waals surface area contributed by atoms with Gasteiger partial charge in [-0.15, -0.1) is 0 Å². The standard InChI is InChI=1S/C15H20N2OS2/c1-18-11-6-7-14-13(9-11)16-15(19)17(14)10-4-3-5-12(8-10)20-2/h6-7,9-10,12H,3-5,8H2,1-2H3,(H,16,19).